The van der Waals surface area contributed by atoms with Crippen molar-refractivity contribution < 1.29 is 14.5 Å². The number of ether oxygens (including phenoxy) is 1. The van der Waals surface area contributed by atoms with Gasteiger partial charge in [0.15, 0.2) is 0 Å². The van der Waals surface area contributed by atoms with Crippen molar-refractivity contribution in [2.24, 2.45) is 5.92 Å². The number of unbranched alkanes of at least 4 members (excludes halogenated alkanes) is 2. The summed E-state index contributed by atoms with van der Waals surface area (Å²) in [4.78, 5) is 25.2. The summed E-state index contributed by atoms with van der Waals surface area (Å²) in [6, 6.07) is 3.02. The van der Waals surface area contributed by atoms with Crippen molar-refractivity contribution in [1.29, 1.82) is 0 Å². The zero-order valence-electron chi connectivity index (χ0n) is 11.8. The van der Waals surface area contributed by atoms with Gasteiger partial charge in [-0.3, -0.25) is 14.9 Å². The van der Waals surface area contributed by atoms with E-state index in [2.05, 4.69) is 10.3 Å². The van der Waals surface area contributed by atoms with Crippen LogP contribution in [-0.4, -0.2) is 29.0 Å². The van der Waals surface area contributed by atoms with Crippen molar-refractivity contribution in [3.8, 4) is 0 Å². The molecule has 1 aliphatic rings. The molecule has 0 aromatic carbocycles. The van der Waals surface area contributed by atoms with Gasteiger partial charge in [0.05, 0.1) is 17.4 Å². The third kappa shape index (κ3) is 5.37. The van der Waals surface area contributed by atoms with E-state index in [1.165, 1.54) is 12.3 Å². The van der Waals surface area contributed by atoms with Gasteiger partial charge >= 0.3 is 5.97 Å². The van der Waals surface area contributed by atoms with Gasteiger partial charge in [0.1, 0.15) is 12.0 Å². The van der Waals surface area contributed by atoms with Crippen LogP contribution in [0.1, 0.15) is 32.1 Å². The molecule has 1 saturated carbocycles. The normalized spacial score (nSPS) is 13.7. The zero-order valence-corrected chi connectivity index (χ0v) is 11.8. The maximum atomic E-state index is 11.3. The zero-order chi connectivity index (χ0) is 15.1. The molecule has 0 saturated heterocycles. The van der Waals surface area contributed by atoms with Crippen LogP contribution >= 0.6 is 0 Å². The van der Waals surface area contributed by atoms with E-state index in [0.717, 1.165) is 38.6 Å². The van der Waals surface area contributed by atoms with E-state index in [1.54, 1.807) is 6.07 Å². The van der Waals surface area contributed by atoms with E-state index in [9.17, 15) is 14.9 Å². The van der Waals surface area contributed by atoms with Crippen LogP contribution in [-0.2, 0) is 9.53 Å². The molecule has 0 spiro atoms. The fourth-order valence-corrected chi connectivity index (χ4v) is 1.83. The summed E-state index contributed by atoms with van der Waals surface area (Å²) in [7, 11) is 0. The van der Waals surface area contributed by atoms with Crippen molar-refractivity contribution in [2.75, 3.05) is 18.5 Å². The Morgan fingerprint density at radius 2 is 2.19 bits per heavy atom. The van der Waals surface area contributed by atoms with Crippen LogP contribution in [0.25, 0.3) is 0 Å². The molecule has 1 aromatic heterocycles. The lowest BCUT2D eigenvalue weighted by Gasteiger charge is -2.06. The molecule has 2 rings (SSSR count). The maximum Gasteiger partial charge on any atom is 0.308 e. The van der Waals surface area contributed by atoms with Gasteiger partial charge < -0.3 is 10.1 Å². The number of nitro groups is 1. The van der Waals surface area contributed by atoms with Gasteiger partial charge in [0.25, 0.3) is 5.69 Å². The summed E-state index contributed by atoms with van der Waals surface area (Å²) in [5, 5.41) is 13.6. The molecule has 0 bridgehead atoms. The molecule has 1 N–H and O–H groups in total. The second kappa shape index (κ2) is 7.56. The van der Waals surface area contributed by atoms with Gasteiger partial charge in [-0.15, -0.1) is 0 Å². The van der Waals surface area contributed by atoms with Crippen molar-refractivity contribution in [1.82, 2.24) is 4.98 Å². The van der Waals surface area contributed by atoms with Crippen molar-refractivity contribution >= 4 is 17.5 Å². The second-order valence-electron chi connectivity index (χ2n) is 5.09. The molecular weight excluding hydrogens is 274 g/mol. The van der Waals surface area contributed by atoms with Crippen molar-refractivity contribution in [3.63, 3.8) is 0 Å². The highest BCUT2D eigenvalue weighted by Gasteiger charge is 2.30. The average Bonchev–Trinajstić information content (AvgIpc) is 3.31. The number of carbonyl (C=O) groups excluding carboxylic acids is 1. The molecule has 1 heterocycles. The Labute approximate surface area is 122 Å². The fourth-order valence-electron chi connectivity index (χ4n) is 1.83. The number of hydrogen-bond donors (Lipinski definition) is 1. The first-order chi connectivity index (χ1) is 10.2. The molecule has 1 aromatic rings. The summed E-state index contributed by atoms with van der Waals surface area (Å²) in [6.07, 6.45) is 5.93. The molecule has 7 nitrogen and oxygen atoms in total. The van der Waals surface area contributed by atoms with Crippen LogP contribution in [0.3, 0.4) is 0 Å². The monoisotopic (exact) mass is 293 g/mol. The van der Waals surface area contributed by atoms with Gasteiger partial charge in [-0.05, 0) is 38.2 Å². The third-order valence-corrected chi connectivity index (χ3v) is 3.24. The Morgan fingerprint density at radius 1 is 1.38 bits per heavy atom. The molecule has 1 fully saturated rings. The number of nitrogens with zero attached hydrogens (tertiary/aromatic N) is 2. The summed E-state index contributed by atoms with van der Waals surface area (Å²) >= 11 is 0. The molecular formula is C14H19N3O4. The Kier molecular flexibility index (Phi) is 5.48. The van der Waals surface area contributed by atoms with E-state index in [-0.39, 0.29) is 17.6 Å². The van der Waals surface area contributed by atoms with Crippen LogP contribution in [0, 0.1) is 16.0 Å². The predicted octanol–water partition coefficient (Wildman–Crippen LogP) is 2.53. The molecule has 0 radical (unpaired) electrons. The van der Waals surface area contributed by atoms with Gasteiger partial charge in [0, 0.05) is 12.6 Å². The van der Waals surface area contributed by atoms with Gasteiger partial charge in [0.2, 0.25) is 0 Å². The molecule has 0 atom stereocenters. The minimum absolute atomic E-state index is 0.0157. The van der Waals surface area contributed by atoms with Crippen LogP contribution in [0.15, 0.2) is 18.3 Å². The van der Waals surface area contributed by atoms with Crippen molar-refractivity contribution in [3.05, 3.63) is 28.4 Å². The summed E-state index contributed by atoms with van der Waals surface area (Å²) in [6.45, 7) is 1.23. The molecule has 1 aliphatic carbocycles. The minimum atomic E-state index is -0.473. The number of hydrogen-bond acceptors (Lipinski definition) is 6. The highest BCUT2D eigenvalue weighted by atomic mass is 16.6. The molecule has 0 unspecified atom stereocenters. The molecule has 21 heavy (non-hydrogen) atoms. The first-order valence-electron chi connectivity index (χ1n) is 7.18. The minimum Gasteiger partial charge on any atom is -0.465 e. The number of nitrogens with one attached hydrogen (secondary N) is 1. The fraction of sp³-hybridized carbons (Fsp3) is 0.571. The van der Waals surface area contributed by atoms with E-state index < -0.39 is 4.92 Å². The van der Waals surface area contributed by atoms with Crippen LogP contribution < -0.4 is 5.32 Å². The van der Waals surface area contributed by atoms with E-state index in [4.69, 9.17) is 4.74 Å². The van der Waals surface area contributed by atoms with E-state index in [1.807, 2.05) is 0 Å². The van der Waals surface area contributed by atoms with E-state index in [0.29, 0.717) is 12.4 Å². The highest BCUT2D eigenvalue weighted by Crippen LogP contribution is 2.30. The van der Waals surface area contributed by atoms with Crippen LogP contribution in [0.4, 0.5) is 11.5 Å². The lowest BCUT2D eigenvalue weighted by molar-refractivity contribution is -0.385. The Bertz CT molecular complexity index is 485. The second-order valence-corrected chi connectivity index (χ2v) is 5.09. The predicted molar refractivity (Wildman–Crippen MR) is 76.9 cm³/mol. The number of anilines is 1. The largest absolute Gasteiger partial charge is 0.465 e. The molecule has 0 amide bonds. The summed E-state index contributed by atoms with van der Waals surface area (Å²) < 4.78 is 5.13. The number of aromatic nitrogens is 1. The lowest BCUT2D eigenvalue weighted by atomic mass is 10.2. The highest BCUT2D eigenvalue weighted by molar-refractivity contribution is 5.74. The quantitative estimate of drug-likeness (QED) is 0.325. The standard InChI is InChI=1S/C14H19N3O4/c18-14(11-4-5-11)21-9-3-1-2-8-15-13-7-6-12(10-16-13)17(19)20/h6-7,10-11H,1-5,8-9H2,(H,15,16). The Hall–Kier alpha value is -2.18. The van der Waals surface area contributed by atoms with Crippen molar-refractivity contribution in [2.45, 2.75) is 32.1 Å². The summed E-state index contributed by atoms with van der Waals surface area (Å²) in [5.74, 6) is 0.740. The number of rotatable bonds is 9. The van der Waals surface area contributed by atoms with Gasteiger partial charge in [-0.25, -0.2) is 4.98 Å². The Morgan fingerprint density at radius 3 is 2.81 bits per heavy atom. The first-order valence-corrected chi connectivity index (χ1v) is 7.18. The maximum absolute atomic E-state index is 11.3. The number of carbonyl (C=O) groups is 1. The van der Waals surface area contributed by atoms with Gasteiger partial charge in [-0.2, -0.15) is 0 Å². The smallest absolute Gasteiger partial charge is 0.308 e. The first kappa shape index (κ1) is 15.2. The Balaban J connectivity index is 1.51. The molecule has 0 aliphatic heterocycles. The lowest BCUT2D eigenvalue weighted by Crippen LogP contribution is -2.08. The SMILES string of the molecule is O=C(OCCCCCNc1ccc([N+](=O)[O-])cn1)C1CC1. The number of esters is 1. The van der Waals surface area contributed by atoms with Gasteiger partial charge in [-0.1, -0.05) is 0 Å². The molecule has 114 valence electrons. The van der Waals surface area contributed by atoms with Crippen LogP contribution in [0.2, 0.25) is 0 Å². The third-order valence-electron chi connectivity index (χ3n) is 3.24. The summed E-state index contributed by atoms with van der Waals surface area (Å²) in [5.41, 5.74) is -0.0157. The van der Waals surface area contributed by atoms with Crippen LogP contribution in [0.5, 0.6) is 0 Å². The van der Waals surface area contributed by atoms with E-state index >= 15 is 0 Å². The topological polar surface area (TPSA) is 94.4 Å². The molecule has 7 heteroatoms. The number of pyridine rings is 1. The average molecular weight is 293 g/mol.